The standard InChI is InChI=1S/C10H17N5O/c1-8(2)4-12-5-9(16)6-15-7-13-10(3-11)14-15/h7-9,12,16H,4-6H2,1-2H3. The summed E-state index contributed by atoms with van der Waals surface area (Å²) in [4.78, 5) is 3.76. The van der Waals surface area contributed by atoms with Crippen molar-refractivity contribution >= 4 is 0 Å². The number of nitriles is 1. The minimum Gasteiger partial charge on any atom is -0.390 e. The molecular formula is C10H17N5O. The molecule has 0 aliphatic heterocycles. The van der Waals surface area contributed by atoms with E-state index in [4.69, 9.17) is 5.26 Å². The average molecular weight is 223 g/mol. The van der Waals surface area contributed by atoms with Crippen LogP contribution in [0, 0.1) is 17.2 Å². The highest BCUT2D eigenvalue weighted by atomic mass is 16.3. The topological polar surface area (TPSA) is 86.8 Å². The van der Waals surface area contributed by atoms with Gasteiger partial charge in [0, 0.05) is 6.54 Å². The molecule has 2 N–H and O–H groups in total. The Morgan fingerprint density at radius 2 is 2.31 bits per heavy atom. The molecule has 0 aliphatic carbocycles. The Balaban J connectivity index is 2.28. The smallest absolute Gasteiger partial charge is 0.252 e. The molecule has 0 spiro atoms. The van der Waals surface area contributed by atoms with Crippen LogP contribution in [0.2, 0.25) is 0 Å². The fourth-order valence-electron chi connectivity index (χ4n) is 1.25. The van der Waals surface area contributed by atoms with Crippen LogP contribution in [0.25, 0.3) is 0 Å². The number of aromatic nitrogens is 3. The van der Waals surface area contributed by atoms with Gasteiger partial charge in [-0.05, 0) is 12.5 Å². The SMILES string of the molecule is CC(C)CNCC(O)Cn1cnc(C#N)n1. The lowest BCUT2D eigenvalue weighted by Crippen LogP contribution is -2.32. The molecule has 0 radical (unpaired) electrons. The zero-order chi connectivity index (χ0) is 12.0. The summed E-state index contributed by atoms with van der Waals surface area (Å²) in [6.07, 6.45) is 0.927. The second-order valence-corrected chi connectivity index (χ2v) is 4.11. The van der Waals surface area contributed by atoms with Gasteiger partial charge in [0.2, 0.25) is 0 Å². The molecule has 1 aromatic rings. The van der Waals surface area contributed by atoms with Crippen LogP contribution in [0.3, 0.4) is 0 Å². The lowest BCUT2D eigenvalue weighted by molar-refractivity contribution is 0.146. The van der Waals surface area contributed by atoms with Crippen LogP contribution in [-0.4, -0.2) is 39.1 Å². The van der Waals surface area contributed by atoms with Gasteiger partial charge in [-0.1, -0.05) is 13.8 Å². The molecule has 0 bridgehead atoms. The first-order chi connectivity index (χ1) is 7.61. The molecule has 0 amide bonds. The zero-order valence-electron chi connectivity index (χ0n) is 9.59. The van der Waals surface area contributed by atoms with Crippen molar-refractivity contribution < 1.29 is 5.11 Å². The molecule has 16 heavy (non-hydrogen) atoms. The van der Waals surface area contributed by atoms with Crippen molar-refractivity contribution in [1.82, 2.24) is 20.1 Å². The molecule has 1 rings (SSSR count). The van der Waals surface area contributed by atoms with E-state index in [0.717, 1.165) is 6.54 Å². The Bertz CT molecular complexity index is 354. The third-order valence-electron chi connectivity index (χ3n) is 1.97. The molecule has 0 aromatic carbocycles. The van der Waals surface area contributed by atoms with Gasteiger partial charge in [0.1, 0.15) is 12.4 Å². The van der Waals surface area contributed by atoms with E-state index in [1.165, 1.54) is 11.0 Å². The van der Waals surface area contributed by atoms with Crippen LogP contribution in [0.4, 0.5) is 0 Å². The van der Waals surface area contributed by atoms with Crippen LogP contribution >= 0.6 is 0 Å². The largest absolute Gasteiger partial charge is 0.390 e. The summed E-state index contributed by atoms with van der Waals surface area (Å²) >= 11 is 0. The zero-order valence-corrected chi connectivity index (χ0v) is 9.59. The monoisotopic (exact) mass is 223 g/mol. The lowest BCUT2D eigenvalue weighted by Gasteiger charge is -2.12. The van der Waals surface area contributed by atoms with Crippen molar-refractivity contribution in [1.29, 1.82) is 5.26 Å². The molecule has 1 unspecified atom stereocenters. The van der Waals surface area contributed by atoms with Gasteiger partial charge in [-0.25, -0.2) is 9.67 Å². The molecule has 0 fully saturated rings. The molecule has 0 saturated carbocycles. The van der Waals surface area contributed by atoms with E-state index >= 15 is 0 Å². The highest BCUT2D eigenvalue weighted by molar-refractivity contribution is 5.05. The summed E-state index contributed by atoms with van der Waals surface area (Å²) in [5.41, 5.74) is 0. The third-order valence-corrected chi connectivity index (χ3v) is 1.97. The number of nitrogens with zero attached hydrogens (tertiary/aromatic N) is 4. The normalized spacial score (nSPS) is 12.7. The van der Waals surface area contributed by atoms with Crippen LogP contribution in [0.1, 0.15) is 19.7 Å². The maximum absolute atomic E-state index is 9.66. The first kappa shape index (κ1) is 12.6. The van der Waals surface area contributed by atoms with E-state index in [1.54, 1.807) is 0 Å². The number of aliphatic hydroxyl groups excluding tert-OH is 1. The molecule has 0 aliphatic rings. The molecule has 0 saturated heterocycles. The fourth-order valence-corrected chi connectivity index (χ4v) is 1.25. The Morgan fingerprint density at radius 1 is 1.56 bits per heavy atom. The van der Waals surface area contributed by atoms with E-state index in [1.807, 2.05) is 6.07 Å². The van der Waals surface area contributed by atoms with Gasteiger partial charge < -0.3 is 10.4 Å². The van der Waals surface area contributed by atoms with Crippen LogP contribution < -0.4 is 5.32 Å². The highest BCUT2D eigenvalue weighted by Crippen LogP contribution is 1.92. The molecule has 6 heteroatoms. The molecule has 1 atom stereocenters. The Labute approximate surface area is 94.9 Å². The second-order valence-electron chi connectivity index (χ2n) is 4.11. The first-order valence-corrected chi connectivity index (χ1v) is 5.30. The maximum atomic E-state index is 9.66. The van der Waals surface area contributed by atoms with E-state index in [9.17, 15) is 5.11 Å². The minimum absolute atomic E-state index is 0.127. The van der Waals surface area contributed by atoms with Gasteiger partial charge in [-0.2, -0.15) is 5.26 Å². The summed E-state index contributed by atoms with van der Waals surface area (Å²) in [5, 5.41) is 25.2. The Hall–Kier alpha value is -1.45. The maximum Gasteiger partial charge on any atom is 0.252 e. The molecule has 6 nitrogen and oxygen atoms in total. The predicted octanol–water partition coefficient (Wildman–Crippen LogP) is -0.244. The van der Waals surface area contributed by atoms with E-state index in [0.29, 0.717) is 19.0 Å². The van der Waals surface area contributed by atoms with Crippen molar-refractivity contribution in [3.8, 4) is 6.07 Å². The molecular weight excluding hydrogens is 206 g/mol. The summed E-state index contributed by atoms with van der Waals surface area (Å²) in [6, 6.07) is 1.84. The Morgan fingerprint density at radius 3 is 2.88 bits per heavy atom. The van der Waals surface area contributed by atoms with Crippen LogP contribution in [0.15, 0.2) is 6.33 Å². The van der Waals surface area contributed by atoms with E-state index in [-0.39, 0.29) is 5.82 Å². The molecule has 1 heterocycles. The number of rotatable bonds is 6. The van der Waals surface area contributed by atoms with E-state index < -0.39 is 6.10 Å². The Kier molecular flexibility index (Phi) is 4.89. The second kappa shape index (κ2) is 6.20. The van der Waals surface area contributed by atoms with Crippen LogP contribution in [0.5, 0.6) is 0 Å². The van der Waals surface area contributed by atoms with Crippen molar-refractivity contribution in [2.75, 3.05) is 13.1 Å². The summed E-state index contributed by atoms with van der Waals surface area (Å²) in [7, 11) is 0. The van der Waals surface area contributed by atoms with Gasteiger partial charge in [-0.15, -0.1) is 5.10 Å². The van der Waals surface area contributed by atoms with Crippen LogP contribution in [-0.2, 0) is 6.54 Å². The van der Waals surface area contributed by atoms with Gasteiger partial charge >= 0.3 is 0 Å². The third kappa shape index (κ3) is 4.38. The number of hydrogen-bond acceptors (Lipinski definition) is 5. The first-order valence-electron chi connectivity index (χ1n) is 5.30. The van der Waals surface area contributed by atoms with Crippen molar-refractivity contribution in [2.24, 2.45) is 5.92 Å². The molecule has 88 valence electrons. The van der Waals surface area contributed by atoms with Crippen molar-refractivity contribution in [2.45, 2.75) is 26.5 Å². The fraction of sp³-hybridized carbons (Fsp3) is 0.700. The number of aliphatic hydroxyl groups is 1. The van der Waals surface area contributed by atoms with Gasteiger partial charge in [-0.3, -0.25) is 0 Å². The minimum atomic E-state index is -0.521. The summed E-state index contributed by atoms with van der Waals surface area (Å²) < 4.78 is 1.47. The van der Waals surface area contributed by atoms with Gasteiger partial charge in [0.25, 0.3) is 5.82 Å². The molecule has 1 aromatic heterocycles. The van der Waals surface area contributed by atoms with Gasteiger partial charge in [0.15, 0.2) is 0 Å². The van der Waals surface area contributed by atoms with Crippen molar-refractivity contribution in [3.05, 3.63) is 12.2 Å². The van der Waals surface area contributed by atoms with E-state index in [2.05, 4.69) is 29.2 Å². The number of hydrogen-bond donors (Lipinski definition) is 2. The quantitative estimate of drug-likeness (QED) is 0.695. The number of nitrogens with one attached hydrogen (secondary N) is 1. The highest BCUT2D eigenvalue weighted by Gasteiger charge is 2.07. The summed E-state index contributed by atoms with van der Waals surface area (Å²) in [5.74, 6) is 0.686. The van der Waals surface area contributed by atoms with Crippen molar-refractivity contribution in [3.63, 3.8) is 0 Å². The van der Waals surface area contributed by atoms with Gasteiger partial charge in [0.05, 0.1) is 12.6 Å². The predicted molar refractivity (Wildman–Crippen MR) is 58.5 cm³/mol. The summed E-state index contributed by atoms with van der Waals surface area (Å²) in [6.45, 7) is 5.95. The average Bonchev–Trinajstić information content (AvgIpc) is 2.65. The lowest BCUT2D eigenvalue weighted by atomic mass is 10.2.